The molecule has 1 fully saturated rings. The molecule has 4 nitrogen and oxygen atoms in total. The van der Waals surface area contributed by atoms with Crippen LogP contribution in [0, 0.1) is 6.92 Å². The Morgan fingerprint density at radius 3 is 2.62 bits per heavy atom. The van der Waals surface area contributed by atoms with Gasteiger partial charge >= 0.3 is 0 Å². The van der Waals surface area contributed by atoms with E-state index in [1.807, 2.05) is 25.1 Å². The van der Waals surface area contributed by atoms with E-state index in [1.165, 1.54) is 6.26 Å². The third-order valence-corrected chi connectivity index (χ3v) is 5.80. The van der Waals surface area contributed by atoms with Crippen LogP contribution in [-0.4, -0.2) is 31.1 Å². The van der Waals surface area contributed by atoms with E-state index in [4.69, 9.17) is 4.74 Å². The fourth-order valence-electron chi connectivity index (χ4n) is 2.84. The summed E-state index contributed by atoms with van der Waals surface area (Å²) < 4.78 is 29.4. The molecule has 21 heavy (non-hydrogen) atoms. The first-order valence-electron chi connectivity index (χ1n) is 7.41. The van der Waals surface area contributed by atoms with E-state index in [0.717, 1.165) is 36.1 Å². The van der Waals surface area contributed by atoms with Gasteiger partial charge in [-0.25, -0.2) is 8.42 Å². The Morgan fingerprint density at radius 1 is 1.33 bits per heavy atom. The third kappa shape index (κ3) is 4.20. The number of hydrogen-bond donors (Lipinski definition) is 1. The van der Waals surface area contributed by atoms with Gasteiger partial charge in [0.25, 0.3) is 0 Å². The fourth-order valence-corrected chi connectivity index (χ4v) is 4.00. The Labute approximate surface area is 127 Å². The molecule has 1 aromatic rings. The zero-order chi connectivity index (χ0) is 15.6. The average molecular weight is 312 g/mol. The van der Waals surface area contributed by atoms with Crippen molar-refractivity contribution in [2.75, 3.05) is 6.26 Å². The lowest BCUT2D eigenvalue weighted by atomic mass is 9.97. The van der Waals surface area contributed by atoms with Crippen LogP contribution in [0.3, 0.4) is 0 Å². The summed E-state index contributed by atoms with van der Waals surface area (Å²) in [6, 6.07) is 5.63. The van der Waals surface area contributed by atoms with Crippen LogP contribution in [0.1, 0.15) is 49.8 Å². The van der Waals surface area contributed by atoms with Crippen molar-refractivity contribution in [3.63, 3.8) is 0 Å². The van der Waals surface area contributed by atoms with Crippen LogP contribution >= 0.6 is 0 Å². The number of aryl methyl sites for hydroxylation is 1. The monoisotopic (exact) mass is 312 g/mol. The van der Waals surface area contributed by atoms with E-state index in [0.29, 0.717) is 6.42 Å². The molecule has 0 radical (unpaired) electrons. The topological polar surface area (TPSA) is 63.6 Å². The molecule has 0 aromatic heterocycles. The lowest BCUT2D eigenvalue weighted by molar-refractivity contribution is 0.155. The number of rotatable bonds is 4. The second-order valence-electron chi connectivity index (χ2n) is 6.06. The Balaban J connectivity index is 2.08. The average Bonchev–Trinajstić information content (AvgIpc) is 2.40. The highest BCUT2D eigenvalue weighted by Crippen LogP contribution is 2.30. The summed E-state index contributed by atoms with van der Waals surface area (Å²) in [4.78, 5) is 0. The van der Waals surface area contributed by atoms with Crippen molar-refractivity contribution < 1.29 is 18.3 Å². The molecule has 1 aliphatic rings. The number of ether oxygens (including phenoxy) is 1. The number of aliphatic hydroxyl groups excluding tert-OH is 1. The van der Waals surface area contributed by atoms with Crippen LogP contribution in [0.5, 0.6) is 5.75 Å². The van der Waals surface area contributed by atoms with Gasteiger partial charge in [-0.15, -0.1) is 0 Å². The van der Waals surface area contributed by atoms with Gasteiger partial charge in [-0.2, -0.15) is 0 Å². The van der Waals surface area contributed by atoms with Crippen molar-refractivity contribution in [1.29, 1.82) is 0 Å². The van der Waals surface area contributed by atoms with E-state index in [9.17, 15) is 13.5 Å². The molecular weight excluding hydrogens is 288 g/mol. The van der Waals surface area contributed by atoms with Gasteiger partial charge in [-0.1, -0.05) is 6.07 Å². The molecule has 0 aliphatic heterocycles. The first-order valence-corrected chi connectivity index (χ1v) is 9.37. The van der Waals surface area contributed by atoms with Crippen LogP contribution in [0.2, 0.25) is 0 Å². The molecule has 1 saturated carbocycles. The second-order valence-corrected chi connectivity index (χ2v) is 8.38. The number of benzene rings is 1. The molecule has 0 spiro atoms. The summed E-state index contributed by atoms with van der Waals surface area (Å²) >= 11 is 0. The molecule has 0 amide bonds. The minimum Gasteiger partial charge on any atom is -0.490 e. The van der Waals surface area contributed by atoms with Crippen molar-refractivity contribution in [3.8, 4) is 5.75 Å². The highest BCUT2D eigenvalue weighted by atomic mass is 32.2. The second kappa shape index (κ2) is 6.36. The standard InChI is InChI=1S/C16H24O4S/c1-11-9-13(12(2)17)7-8-16(11)20-14-5-4-6-15(10-14)21(3,18)19/h7-9,12,14-15,17H,4-6,10H2,1-3H3/t12-,14?,15?/m0/s1. The zero-order valence-corrected chi connectivity index (χ0v) is 13.7. The summed E-state index contributed by atoms with van der Waals surface area (Å²) in [5, 5.41) is 9.29. The number of aliphatic hydroxyl groups is 1. The normalized spacial score (nSPS) is 24.6. The fraction of sp³-hybridized carbons (Fsp3) is 0.625. The summed E-state index contributed by atoms with van der Waals surface area (Å²) in [6.45, 7) is 3.67. The van der Waals surface area contributed by atoms with Gasteiger partial charge < -0.3 is 9.84 Å². The summed E-state index contributed by atoms with van der Waals surface area (Å²) in [6.07, 6.45) is 3.84. The van der Waals surface area contributed by atoms with Crippen LogP contribution in [0.15, 0.2) is 18.2 Å². The van der Waals surface area contributed by atoms with Crippen molar-refractivity contribution in [2.24, 2.45) is 0 Å². The zero-order valence-electron chi connectivity index (χ0n) is 12.9. The maximum absolute atomic E-state index is 11.7. The molecule has 118 valence electrons. The molecule has 3 atom stereocenters. The minimum atomic E-state index is -2.99. The molecule has 1 N–H and O–H groups in total. The van der Waals surface area contributed by atoms with Gasteiger partial charge in [0.2, 0.25) is 0 Å². The lowest BCUT2D eigenvalue weighted by Gasteiger charge is -2.29. The molecule has 1 aliphatic carbocycles. The molecule has 0 saturated heterocycles. The molecule has 5 heteroatoms. The van der Waals surface area contributed by atoms with Gasteiger partial charge in [-0.05, 0) is 56.4 Å². The third-order valence-electron chi connectivity index (χ3n) is 4.16. The van der Waals surface area contributed by atoms with Crippen LogP contribution in [0.4, 0.5) is 0 Å². The molecule has 0 heterocycles. The highest BCUT2D eigenvalue weighted by molar-refractivity contribution is 7.91. The van der Waals surface area contributed by atoms with E-state index >= 15 is 0 Å². The Morgan fingerprint density at radius 2 is 2.05 bits per heavy atom. The minimum absolute atomic E-state index is 0.0467. The van der Waals surface area contributed by atoms with Gasteiger partial charge in [0, 0.05) is 12.7 Å². The maximum Gasteiger partial charge on any atom is 0.150 e. The van der Waals surface area contributed by atoms with E-state index < -0.39 is 15.9 Å². The summed E-state index contributed by atoms with van der Waals surface area (Å²) in [7, 11) is -2.99. The Bertz CT molecular complexity index is 592. The highest BCUT2D eigenvalue weighted by Gasteiger charge is 2.30. The van der Waals surface area contributed by atoms with E-state index in [-0.39, 0.29) is 11.4 Å². The van der Waals surface area contributed by atoms with Crippen molar-refractivity contribution in [1.82, 2.24) is 0 Å². The number of sulfone groups is 1. The SMILES string of the molecule is Cc1cc([C@H](C)O)ccc1OC1CCCC(S(C)(=O)=O)C1. The smallest absolute Gasteiger partial charge is 0.150 e. The van der Waals surface area contributed by atoms with Crippen LogP contribution < -0.4 is 4.74 Å². The Kier molecular flexibility index (Phi) is 4.94. The van der Waals surface area contributed by atoms with Gasteiger partial charge in [0.15, 0.2) is 0 Å². The first kappa shape index (κ1) is 16.3. The van der Waals surface area contributed by atoms with Crippen LogP contribution in [-0.2, 0) is 9.84 Å². The van der Waals surface area contributed by atoms with Crippen LogP contribution in [0.25, 0.3) is 0 Å². The van der Waals surface area contributed by atoms with Crippen molar-refractivity contribution in [3.05, 3.63) is 29.3 Å². The number of hydrogen-bond acceptors (Lipinski definition) is 4. The first-order chi connectivity index (χ1) is 9.77. The predicted octanol–water partition coefficient (Wildman–Crippen LogP) is 2.78. The maximum atomic E-state index is 11.7. The molecular formula is C16H24O4S. The van der Waals surface area contributed by atoms with E-state index in [2.05, 4.69) is 0 Å². The predicted molar refractivity (Wildman–Crippen MR) is 83.3 cm³/mol. The van der Waals surface area contributed by atoms with Crippen molar-refractivity contribution >= 4 is 9.84 Å². The van der Waals surface area contributed by atoms with Gasteiger partial charge in [0.05, 0.1) is 17.5 Å². The van der Waals surface area contributed by atoms with Gasteiger partial charge in [-0.3, -0.25) is 0 Å². The molecule has 1 aromatic carbocycles. The molecule has 0 bridgehead atoms. The summed E-state index contributed by atoms with van der Waals surface area (Å²) in [5.74, 6) is 0.776. The van der Waals surface area contributed by atoms with Gasteiger partial charge in [0.1, 0.15) is 15.6 Å². The molecule has 2 rings (SSSR count). The Hall–Kier alpha value is -1.07. The van der Waals surface area contributed by atoms with Crippen molar-refractivity contribution in [2.45, 2.75) is 57.0 Å². The molecule has 2 unspecified atom stereocenters. The summed E-state index contributed by atoms with van der Waals surface area (Å²) in [5.41, 5.74) is 1.83. The van der Waals surface area contributed by atoms with E-state index in [1.54, 1.807) is 6.92 Å². The quantitative estimate of drug-likeness (QED) is 0.928. The lowest BCUT2D eigenvalue weighted by Crippen LogP contribution is -2.33. The largest absolute Gasteiger partial charge is 0.490 e.